The third-order valence-corrected chi connectivity index (χ3v) is 4.32. The summed E-state index contributed by atoms with van der Waals surface area (Å²) >= 11 is 0. The van der Waals surface area contributed by atoms with Crippen molar-refractivity contribution in [1.82, 2.24) is 10.2 Å². The van der Waals surface area contributed by atoms with E-state index in [-0.39, 0.29) is 17.9 Å². The summed E-state index contributed by atoms with van der Waals surface area (Å²) < 4.78 is 0. The molecule has 1 unspecified atom stereocenters. The van der Waals surface area contributed by atoms with Crippen molar-refractivity contribution in [3.05, 3.63) is 0 Å². The fourth-order valence-electron chi connectivity index (χ4n) is 2.49. The molecular formula is C15H31N3O. The van der Waals surface area contributed by atoms with Gasteiger partial charge in [0.15, 0.2) is 0 Å². The molecule has 2 atom stereocenters. The van der Waals surface area contributed by atoms with Gasteiger partial charge in [0.05, 0.1) is 6.04 Å². The largest absolute Gasteiger partial charge is 0.352 e. The minimum absolute atomic E-state index is 0.0290. The first-order chi connectivity index (χ1) is 9.08. The van der Waals surface area contributed by atoms with Gasteiger partial charge in [-0.1, -0.05) is 33.6 Å². The highest BCUT2D eigenvalue weighted by Gasteiger charge is 2.24. The number of nitrogens with one attached hydrogen (secondary N) is 1. The maximum Gasteiger partial charge on any atom is 0.237 e. The predicted octanol–water partition coefficient (Wildman–Crippen LogP) is 1.74. The summed E-state index contributed by atoms with van der Waals surface area (Å²) in [6.45, 7) is 9.74. The molecule has 0 aromatic rings. The zero-order valence-corrected chi connectivity index (χ0v) is 12.8. The van der Waals surface area contributed by atoms with Crippen LogP contribution in [0.1, 0.15) is 52.9 Å². The molecule has 1 aliphatic rings. The molecule has 4 nitrogen and oxygen atoms in total. The van der Waals surface area contributed by atoms with Crippen LogP contribution < -0.4 is 11.1 Å². The van der Waals surface area contributed by atoms with Gasteiger partial charge in [0.1, 0.15) is 0 Å². The average Bonchev–Trinajstić information content (AvgIpc) is 2.44. The van der Waals surface area contributed by atoms with Gasteiger partial charge < -0.3 is 16.0 Å². The predicted molar refractivity (Wildman–Crippen MR) is 79.9 cm³/mol. The maximum absolute atomic E-state index is 12.0. The SMILES string of the molecule is CCCCN1CCC(NC(=O)[C@@H](N)C(C)CC)CC1. The van der Waals surface area contributed by atoms with Crippen LogP contribution in [0.15, 0.2) is 0 Å². The monoisotopic (exact) mass is 269 g/mol. The minimum atomic E-state index is -0.358. The van der Waals surface area contributed by atoms with E-state index >= 15 is 0 Å². The van der Waals surface area contributed by atoms with Crippen molar-refractivity contribution in [2.24, 2.45) is 11.7 Å². The molecule has 1 saturated heterocycles. The summed E-state index contributed by atoms with van der Waals surface area (Å²) in [6.07, 6.45) is 5.59. The molecule has 0 saturated carbocycles. The van der Waals surface area contributed by atoms with Crippen LogP contribution in [0.3, 0.4) is 0 Å². The van der Waals surface area contributed by atoms with E-state index in [1.54, 1.807) is 0 Å². The van der Waals surface area contributed by atoms with Crippen LogP contribution in [0, 0.1) is 5.92 Å². The lowest BCUT2D eigenvalue weighted by Gasteiger charge is -2.33. The van der Waals surface area contributed by atoms with Crippen LogP contribution in [0.2, 0.25) is 0 Å². The Bertz CT molecular complexity index is 262. The van der Waals surface area contributed by atoms with Gasteiger partial charge in [-0.05, 0) is 31.7 Å². The third-order valence-electron chi connectivity index (χ3n) is 4.32. The van der Waals surface area contributed by atoms with Gasteiger partial charge in [0, 0.05) is 19.1 Å². The van der Waals surface area contributed by atoms with E-state index in [2.05, 4.69) is 24.1 Å². The number of nitrogens with two attached hydrogens (primary N) is 1. The van der Waals surface area contributed by atoms with Crippen LogP contribution in [-0.2, 0) is 4.79 Å². The van der Waals surface area contributed by atoms with Gasteiger partial charge in [-0.15, -0.1) is 0 Å². The highest BCUT2D eigenvalue weighted by atomic mass is 16.2. The number of likely N-dealkylation sites (tertiary alicyclic amines) is 1. The van der Waals surface area contributed by atoms with Gasteiger partial charge >= 0.3 is 0 Å². The van der Waals surface area contributed by atoms with Crippen molar-refractivity contribution >= 4 is 5.91 Å². The number of nitrogens with zero attached hydrogens (tertiary/aromatic N) is 1. The van der Waals surface area contributed by atoms with E-state index in [0.717, 1.165) is 32.4 Å². The number of hydrogen-bond donors (Lipinski definition) is 2. The molecule has 1 amide bonds. The highest BCUT2D eigenvalue weighted by Crippen LogP contribution is 2.12. The molecule has 0 aromatic heterocycles. The van der Waals surface area contributed by atoms with Crippen molar-refractivity contribution in [3.63, 3.8) is 0 Å². The topological polar surface area (TPSA) is 58.4 Å². The molecular weight excluding hydrogens is 238 g/mol. The summed E-state index contributed by atoms with van der Waals surface area (Å²) in [7, 11) is 0. The average molecular weight is 269 g/mol. The molecule has 1 rings (SSSR count). The summed E-state index contributed by atoms with van der Waals surface area (Å²) in [5.41, 5.74) is 5.96. The molecule has 4 heteroatoms. The van der Waals surface area contributed by atoms with Crippen LogP contribution in [0.4, 0.5) is 0 Å². The zero-order valence-electron chi connectivity index (χ0n) is 12.8. The van der Waals surface area contributed by atoms with Crippen molar-refractivity contribution in [1.29, 1.82) is 0 Å². The highest BCUT2D eigenvalue weighted by molar-refractivity contribution is 5.82. The number of piperidine rings is 1. The van der Waals surface area contributed by atoms with Gasteiger partial charge in [-0.3, -0.25) is 4.79 Å². The van der Waals surface area contributed by atoms with Crippen molar-refractivity contribution < 1.29 is 4.79 Å². The van der Waals surface area contributed by atoms with Crippen LogP contribution in [0.5, 0.6) is 0 Å². The van der Waals surface area contributed by atoms with E-state index in [4.69, 9.17) is 5.73 Å². The Morgan fingerprint density at radius 3 is 2.53 bits per heavy atom. The summed E-state index contributed by atoms with van der Waals surface area (Å²) in [4.78, 5) is 14.5. The number of unbranched alkanes of at least 4 members (excludes halogenated alkanes) is 1. The number of amides is 1. The Balaban J connectivity index is 2.27. The van der Waals surface area contributed by atoms with Crippen molar-refractivity contribution in [2.75, 3.05) is 19.6 Å². The van der Waals surface area contributed by atoms with Gasteiger partial charge in [-0.25, -0.2) is 0 Å². The first-order valence-corrected chi connectivity index (χ1v) is 7.86. The van der Waals surface area contributed by atoms with Crippen molar-refractivity contribution in [2.45, 2.75) is 65.0 Å². The molecule has 0 aromatic carbocycles. The van der Waals surface area contributed by atoms with Crippen LogP contribution >= 0.6 is 0 Å². The van der Waals surface area contributed by atoms with E-state index < -0.39 is 0 Å². The molecule has 1 fully saturated rings. The second-order valence-corrected chi connectivity index (χ2v) is 5.89. The Morgan fingerprint density at radius 2 is 2.00 bits per heavy atom. The number of rotatable bonds is 7. The second kappa shape index (κ2) is 8.54. The van der Waals surface area contributed by atoms with E-state index in [1.807, 2.05) is 6.92 Å². The number of hydrogen-bond acceptors (Lipinski definition) is 3. The van der Waals surface area contributed by atoms with Gasteiger partial charge in [0.25, 0.3) is 0 Å². The lowest BCUT2D eigenvalue weighted by atomic mass is 9.98. The second-order valence-electron chi connectivity index (χ2n) is 5.89. The first kappa shape index (κ1) is 16.4. The molecule has 1 aliphatic heterocycles. The van der Waals surface area contributed by atoms with E-state index in [9.17, 15) is 4.79 Å². The zero-order chi connectivity index (χ0) is 14.3. The van der Waals surface area contributed by atoms with Crippen LogP contribution in [-0.4, -0.2) is 42.5 Å². The van der Waals surface area contributed by atoms with Crippen molar-refractivity contribution in [3.8, 4) is 0 Å². The molecule has 0 bridgehead atoms. The Morgan fingerprint density at radius 1 is 1.37 bits per heavy atom. The lowest BCUT2D eigenvalue weighted by Crippen LogP contribution is -2.51. The third kappa shape index (κ3) is 5.49. The van der Waals surface area contributed by atoms with E-state index in [0.29, 0.717) is 6.04 Å². The fourth-order valence-corrected chi connectivity index (χ4v) is 2.49. The smallest absolute Gasteiger partial charge is 0.237 e. The Kier molecular flexibility index (Phi) is 7.39. The summed E-state index contributed by atoms with van der Waals surface area (Å²) in [5.74, 6) is 0.283. The Labute approximate surface area is 118 Å². The molecule has 112 valence electrons. The lowest BCUT2D eigenvalue weighted by molar-refractivity contribution is -0.124. The normalized spacial score (nSPS) is 21.1. The van der Waals surface area contributed by atoms with Crippen LogP contribution in [0.25, 0.3) is 0 Å². The Hall–Kier alpha value is -0.610. The quantitative estimate of drug-likeness (QED) is 0.740. The maximum atomic E-state index is 12.0. The molecule has 0 radical (unpaired) electrons. The number of carbonyl (C=O) groups excluding carboxylic acids is 1. The standard InChI is InChI=1S/C15H31N3O/c1-4-6-9-18-10-7-13(8-11-18)17-15(19)14(16)12(3)5-2/h12-14H,4-11,16H2,1-3H3,(H,17,19)/t12?,14-/m0/s1. The van der Waals surface area contributed by atoms with Gasteiger partial charge in [-0.2, -0.15) is 0 Å². The molecule has 1 heterocycles. The summed E-state index contributed by atoms with van der Waals surface area (Å²) in [6, 6.07) is -0.0383. The fraction of sp³-hybridized carbons (Fsp3) is 0.933. The number of carbonyl (C=O) groups is 1. The molecule has 0 spiro atoms. The molecule has 19 heavy (non-hydrogen) atoms. The minimum Gasteiger partial charge on any atom is -0.352 e. The van der Waals surface area contributed by atoms with E-state index in [1.165, 1.54) is 19.4 Å². The molecule has 0 aliphatic carbocycles. The summed E-state index contributed by atoms with van der Waals surface area (Å²) in [5, 5.41) is 3.12. The molecule has 3 N–H and O–H groups in total. The van der Waals surface area contributed by atoms with Gasteiger partial charge in [0.2, 0.25) is 5.91 Å². The first-order valence-electron chi connectivity index (χ1n) is 7.86.